The van der Waals surface area contributed by atoms with Gasteiger partial charge < -0.3 is 11.1 Å². The first-order valence-electron chi connectivity index (χ1n) is 9.17. The summed E-state index contributed by atoms with van der Waals surface area (Å²) < 4.78 is 1.22. The van der Waals surface area contributed by atoms with Crippen molar-refractivity contribution in [3.05, 3.63) is 59.1 Å². The van der Waals surface area contributed by atoms with E-state index < -0.39 is 0 Å². The van der Waals surface area contributed by atoms with Gasteiger partial charge in [0.25, 0.3) is 0 Å². The zero-order valence-corrected chi connectivity index (χ0v) is 15.5. The second-order valence-electron chi connectivity index (χ2n) is 7.06. The predicted octanol–water partition coefficient (Wildman–Crippen LogP) is 4.34. The van der Waals surface area contributed by atoms with Crippen LogP contribution in [0.2, 0.25) is 0 Å². The molecule has 0 aliphatic heterocycles. The molecule has 26 heavy (non-hydrogen) atoms. The molecular formula is C21H23N3OS. The van der Waals surface area contributed by atoms with Crippen molar-refractivity contribution in [2.24, 2.45) is 11.7 Å². The van der Waals surface area contributed by atoms with Crippen LogP contribution in [0, 0.1) is 5.92 Å². The Labute approximate surface area is 157 Å². The largest absolute Gasteiger partial charge is 0.328 e. The van der Waals surface area contributed by atoms with Crippen molar-refractivity contribution in [1.29, 1.82) is 0 Å². The molecule has 4 rings (SSSR count). The standard InChI is InChI=1S/C21H23N3OS/c22-16-5-3-4-15(13-16)21(25)23-17-10-8-14(9-11-17)12-20-24-18-6-1-2-7-19(18)26-20/h1-2,6-11,15-16H,3-5,12-13,22H2,(H,23,25). The summed E-state index contributed by atoms with van der Waals surface area (Å²) >= 11 is 1.73. The molecule has 1 fully saturated rings. The normalized spacial score (nSPS) is 20.2. The van der Waals surface area contributed by atoms with Gasteiger partial charge in [-0.15, -0.1) is 11.3 Å². The fourth-order valence-corrected chi connectivity index (χ4v) is 4.59. The average molecular weight is 366 g/mol. The van der Waals surface area contributed by atoms with Gasteiger partial charge in [0.15, 0.2) is 0 Å². The zero-order chi connectivity index (χ0) is 17.9. The van der Waals surface area contributed by atoms with Crippen molar-refractivity contribution in [3.8, 4) is 0 Å². The van der Waals surface area contributed by atoms with E-state index >= 15 is 0 Å². The number of amides is 1. The zero-order valence-electron chi connectivity index (χ0n) is 14.7. The van der Waals surface area contributed by atoms with Crippen LogP contribution in [0.15, 0.2) is 48.5 Å². The molecule has 0 bridgehead atoms. The van der Waals surface area contributed by atoms with Crippen molar-refractivity contribution in [2.45, 2.75) is 38.1 Å². The number of hydrogen-bond acceptors (Lipinski definition) is 4. The fourth-order valence-electron chi connectivity index (χ4n) is 3.59. The number of benzene rings is 2. The Morgan fingerprint density at radius 2 is 1.96 bits per heavy atom. The number of carbonyl (C=O) groups excluding carboxylic acids is 1. The number of anilines is 1. The van der Waals surface area contributed by atoms with Gasteiger partial charge >= 0.3 is 0 Å². The molecule has 2 atom stereocenters. The first-order valence-corrected chi connectivity index (χ1v) is 9.99. The Morgan fingerprint density at radius 3 is 2.73 bits per heavy atom. The number of fused-ring (bicyclic) bond motifs is 1. The molecule has 3 N–H and O–H groups in total. The molecular weight excluding hydrogens is 342 g/mol. The molecule has 0 saturated heterocycles. The van der Waals surface area contributed by atoms with E-state index in [1.807, 2.05) is 30.3 Å². The summed E-state index contributed by atoms with van der Waals surface area (Å²) in [4.78, 5) is 17.1. The molecule has 1 saturated carbocycles. The molecule has 1 aliphatic carbocycles. The van der Waals surface area contributed by atoms with Gasteiger partial charge in [-0.1, -0.05) is 30.7 Å². The van der Waals surface area contributed by atoms with Crippen molar-refractivity contribution < 1.29 is 4.79 Å². The fraction of sp³-hybridized carbons (Fsp3) is 0.333. The summed E-state index contributed by atoms with van der Waals surface area (Å²) in [6.45, 7) is 0. The van der Waals surface area contributed by atoms with Gasteiger partial charge in [0.1, 0.15) is 0 Å². The van der Waals surface area contributed by atoms with Crippen molar-refractivity contribution in [2.75, 3.05) is 5.32 Å². The number of carbonyl (C=O) groups is 1. The summed E-state index contributed by atoms with van der Waals surface area (Å²) in [5.74, 6) is 0.139. The average Bonchev–Trinajstić information content (AvgIpc) is 3.05. The van der Waals surface area contributed by atoms with Gasteiger partial charge in [-0.3, -0.25) is 4.79 Å². The van der Waals surface area contributed by atoms with Crippen LogP contribution >= 0.6 is 11.3 Å². The predicted molar refractivity (Wildman–Crippen MR) is 107 cm³/mol. The quantitative estimate of drug-likeness (QED) is 0.722. The first-order chi connectivity index (χ1) is 12.7. The van der Waals surface area contributed by atoms with E-state index in [2.05, 4.69) is 28.5 Å². The Balaban J connectivity index is 1.39. The van der Waals surface area contributed by atoms with Crippen molar-refractivity contribution >= 4 is 33.1 Å². The van der Waals surface area contributed by atoms with Crippen LogP contribution in [-0.4, -0.2) is 16.9 Å². The van der Waals surface area contributed by atoms with E-state index in [9.17, 15) is 4.79 Å². The summed E-state index contributed by atoms with van der Waals surface area (Å²) in [5.41, 5.74) is 9.10. The first kappa shape index (κ1) is 17.2. The summed E-state index contributed by atoms with van der Waals surface area (Å²) in [7, 11) is 0. The highest BCUT2D eigenvalue weighted by Gasteiger charge is 2.25. The van der Waals surface area contributed by atoms with E-state index in [1.54, 1.807) is 11.3 Å². The van der Waals surface area contributed by atoms with Crippen LogP contribution in [0.1, 0.15) is 36.3 Å². The van der Waals surface area contributed by atoms with E-state index in [-0.39, 0.29) is 17.9 Å². The van der Waals surface area contributed by atoms with Crippen LogP contribution in [-0.2, 0) is 11.2 Å². The summed E-state index contributed by atoms with van der Waals surface area (Å²) in [5, 5.41) is 4.15. The summed E-state index contributed by atoms with van der Waals surface area (Å²) in [6, 6.07) is 16.5. The number of nitrogens with two attached hydrogens (primary N) is 1. The third-order valence-electron chi connectivity index (χ3n) is 5.00. The SMILES string of the molecule is NC1CCCC(C(=O)Nc2ccc(Cc3nc4ccccc4s3)cc2)C1. The monoisotopic (exact) mass is 365 g/mol. The molecule has 1 aliphatic rings. The molecule has 1 aromatic heterocycles. The number of para-hydroxylation sites is 1. The molecule has 0 radical (unpaired) electrons. The lowest BCUT2D eigenvalue weighted by molar-refractivity contribution is -0.120. The lowest BCUT2D eigenvalue weighted by Crippen LogP contribution is -2.34. The van der Waals surface area contributed by atoms with E-state index in [4.69, 9.17) is 5.73 Å². The third-order valence-corrected chi connectivity index (χ3v) is 6.04. The Hall–Kier alpha value is -2.24. The summed E-state index contributed by atoms with van der Waals surface area (Å²) in [6.07, 6.45) is 4.62. The molecule has 4 nitrogen and oxygen atoms in total. The number of aromatic nitrogens is 1. The second-order valence-corrected chi connectivity index (χ2v) is 8.18. The molecule has 2 aromatic carbocycles. The Morgan fingerprint density at radius 1 is 1.15 bits per heavy atom. The maximum absolute atomic E-state index is 12.4. The second kappa shape index (κ2) is 7.56. The highest BCUT2D eigenvalue weighted by atomic mass is 32.1. The van der Waals surface area contributed by atoms with Crippen LogP contribution < -0.4 is 11.1 Å². The van der Waals surface area contributed by atoms with Crippen LogP contribution in [0.3, 0.4) is 0 Å². The molecule has 134 valence electrons. The van der Waals surface area contributed by atoms with E-state index in [0.717, 1.165) is 48.3 Å². The van der Waals surface area contributed by atoms with Gasteiger partial charge in [-0.25, -0.2) is 4.98 Å². The minimum absolute atomic E-state index is 0.0428. The minimum Gasteiger partial charge on any atom is -0.328 e. The van der Waals surface area contributed by atoms with E-state index in [1.165, 1.54) is 10.3 Å². The number of thiazole rings is 1. The van der Waals surface area contributed by atoms with Gasteiger partial charge in [0, 0.05) is 24.1 Å². The smallest absolute Gasteiger partial charge is 0.227 e. The topological polar surface area (TPSA) is 68.0 Å². The molecule has 1 amide bonds. The lowest BCUT2D eigenvalue weighted by atomic mass is 9.85. The number of hydrogen-bond donors (Lipinski definition) is 2. The highest BCUT2D eigenvalue weighted by molar-refractivity contribution is 7.18. The van der Waals surface area contributed by atoms with Gasteiger partial charge in [-0.05, 0) is 49.1 Å². The molecule has 2 unspecified atom stereocenters. The minimum atomic E-state index is 0.0428. The van der Waals surface area contributed by atoms with Crippen LogP contribution in [0.4, 0.5) is 5.69 Å². The number of nitrogens with zero attached hydrogens (tertiary/aromatic N) is 1. The Kier molecular flexibility index (Phi) is 5.00. The number of rotatable bonds is 4. The van der Waals surface area contributed by atoms with Gasteiger partial charge in [0.05, 0.1) is 15.2 Å². The van der Waals surface area contributed by atoms with Crippen molar-refractivity contribution in [1.82, 2.24) is 4.98 Å². The van der Waals surface area contributed by atoms with Crippen LogP contribution in [0.5, 0.6) is 0 Å². The highest BCUT2D eigenvalue weighted by Crippen LogP contribution is 2.26. The molecule has 0 spiro atoms. The maximum atomic E-state index is 12.4. The van der Waals surface area contributed by atoms with E-state index in [0.29, 0.717) is 0 Å². The Bertz CT molecular complexity index is 870. The van der Waals surface area contributed by atoms with Gasteiger partial charge in [-0.2, -0.15) is 0 Å². The lowest BCUT2D eigenvalue weighted by Gasteiger charge is -2.25. The van der Waals surface area contributed by atoms with Gasteiger partial charge in [0.2, 0.25) is 5.91 Å². The third kappa shape index (κ3) is 3.94. The van der Waals surface area contributed by atoms with Crippen LogP contribution in [0.25, 0.3) is 10.2 Å². The number of nitrogens with one attached hydrogen (secondary N) is 1. The van der Waals surface area contributed by atoms with Crippen molar-refractivity contribution in [3.63, 3.8) is 0 Å². The molecule has 5 heteroatoms. The molecule has 1 heterocycles. The maximum Gasteiger partial charge on any atom is 0.227 e. The molecule has 3 aromatic rings.